The summed E-state index contributed by atoms with van der Waals surface area (Å²) >= 11 is 0. The first-order chi connectivity index (χ1) is 17.4. The maximum absolute atomic E-state index is 13.6. The van der Waals surface area contributed by atoms with Gasteiger partial charge in [-0.1, -0.05) is 37.0 Å². The molecule has 0 radical (unpaired) electrons. The zero-order valence-electron chi connectivity index (χ0n) is 21.5. The smallest absolute Gasteiger partial charge is 0.259 e. The third kappa shape index (κ3) is 6.64. The van der Waals surface area contributed by atoms with Gasteiger partial charge in [0.25, 0.3) is 5.91 Å². The number of likely N-dealkylation sites (N-methyl/N-ethyl adjacent to an activating group) is 1. The number of carbonyl (C=O) groups is 1. The van der Waals surface area contributed by atoms with Crippen LogP contribution in [0.4, 0.5) is 0 Å². The van der Waals surface area contributed by atoms with E-state index in [-0.39, 0.29) is 30.6 Å². The van der Waals surface area contributed by atoms with Gasteiger partial charge >= 0.3 is 0 Å². The highest BCUT2D eigenvalue weighted by molar-refractivity contribution is 5.97. The highest BCUT2D eigenvalue weighted by Crippen LogP contribution is 2.27. The zero-order valence-corrected chi connectivity index (χ0v) is 21.5. The number of benzene rings is 1. The van der Waals surface area contributed by atoms with Gasteiger partial charge < -0.3 is 24.4 Å². The number of hydrogen-bond donors (Lipinski definition) is 1. The van der Waals surface area contributed by atoms with Crippen LogP contribution in [0.25, 0.3) is 0 Å². The number of pyridine rings is 1. The van der Waals surface area contributed by atoms with Gasteiger partial charge in [-0.3, -0.25) is 4.79 Å². The summed E-state index contributed by atoms with van der Waals surface area (Å²) in [7, 11) is 2.13. The van der Waals surface area contributed by atoms with E-state index in [2.05, 4.69) is 35.7 Å². The standard InChI is InChI=1S/C29H37N3O4/c1-21-17-32(22(2)20-33)29(34)26-15-25(10-9-23-7-5-4-6-8-23)16-30-28(26)36-27(21)19-31(3)18-24-11-13-35-14-12-24/h4-8,15-16,21-22,24,27,33H,11-14,17-20H2,1-3H3/t21-,22+,27-/m1/s1. The molecule has 1 aromatic heterocycles. The van der Waals surface area contributed by atoms with E-state index in [1.165, 1.54) is 0 Å². The molecule has 0 saturated carbocycles. The second-order valence-corrected chi connectivity index (χ2v) is 10.1. The molecule has 2 aliphatic heterocycles. The van der Waals surface area contributed by atoms with Gasteiger partial charge in [-0.25, -0.2) is 4.98 Å². The van der Waals surface area contributed by atoms with Crippen LogP contribution in [0.15, 0.2) is 42.6 Å². The zero-order chi connectivity index (χ0) is 25.5. The minimum atomic E-state index is -0.314. The fourth-order valence-corrected chi connectivity index (χ4v) is 4.81. The summed E-state index contributed by atoms with van der Waals surface area (Å²) < 4.78 is 11.9. The number of fused-ring (bicyclic) bond motifs is 1. The topological polar surface area (TPSA) is 75.1 Å². The number of amides is 1. The Bertz CT molecular complexity index is 1070. The molecule has 3 atom stereocenters. The summed E-state index contributed by atoms with van der Waals surface area (Å²) in [6, 6.07) is 11.2. The maximum Gasteiger partial charge on any atom is 0.259 e. The predicted octanol–water partition coefficient (Wildman–Crippen LogP) is 3.06. The fraction of sp³-hybridized carbons (Fsp3) is 0.517. The minimum absolute atomic E-state index is 0.0626. The van der Waals surface area contributed by atoms with Gasteiger partial charge in [-0.2, -0.15) is 0 Å². The average Bonchev–Trinajstić information content (AvgIpc) is 2.90. The van der Waals surface area contributed by atoms with Crippen LogP contribution in [0.5, 0.6) is 5.88 Å². The van der Waals surface area contributed by atoms with Crippen molar-refractivity contribution in [2.24, 2.45) is 11.8 Å². The van der Waals surface area contributed by atoms with E-state index in [1.54, 1.807) is 17.2 Å². The molecule has 1 N–H and O–H groups in total. The van der Waals surface area contributed by atoms with Crippen molar-refractivity contribution in [3.05, 3.63) is 59.3 Å². The highest BCUT2D eigenvalue weighted by Gasteiger charge is 2.34. The number of ether oxygens (including phenoxy) is 2. The average molecular weight is 492 g/mol. The number of rotatable bonds is 6. The molecular weight excluding hydrogens is 454 g/mol. The van der Waals surface area contributed by atoms with Crippen LogP contribution >= 0.6 is 0 Å². The van der Waals surface area contributed by atoms with E-state index < -0.39 is 0 Å². The first-order valence-electron chi connectivity index (χ1n) is 12.9. The van der Waals surface area contributed by atoms with Gasteiger partial charge in [-0.15, -0.1) is 0 Å². The summed E-state index contributed by atoms with van der Waals surface area (Å²) in [4.78, 5) is 22.2. The van der Waals surface area contributed by atoms with Crippen LogP contribution in [0, 0.1) is 23.7 Å². The Labute approximate surface area is 214 Å². The summed E-state index contributed by atoms with van der Waals surface area (Å²) in [5.74, 6) is 7.06. The van der Waals surface area contributed by atoms with Crippen molar-refractivity contribution in [3.63, 3.8) is 0 Å². The van der Waals surface area contributed by atoms with Gasteiger partial charge in [0, 0.05) is 56.1 Å². The van der Waals surface area contributed by atoms with E-state index in [0.717, 1.165) is 44.7 Å². The van der Waals surface area contributed by atoms with Gasteiger partial charge in [-0.05, 0) is 50.9 Å². The Balaban J connectivity index is 1.59. The number of aromatic nitrogens is 1. The normalized spacial score (nSPS) is 21.6. The van der Waals surface area contributed by atoms with E-state index in [1.807, 2.05) is 37.3 Å². The van der Waals surface area contributed by atoms with Crippen molar-refractivity contribution in [1.29, 1.82) is 0 Å². The van der Waals surface area contributed by atoms with E-state index in [4.69, 9.17) is 9.47 Å². The van der Waals surface area contributed by atoms with Crippen molar-refractivity contribution < 1.29 is 19.4 Å². The van der Waals surface area contributed by atoms with Crippen LogP contribution in [0.3, 0.4) is 0 Å². The second kappa shape index (κ2) is 12.4. The fourth-order valence-electron chi connectivity index (χ4n) is 4.81. The molecule has 1 saturated heterocycles. The van der Waals surface area contributed by atoms with Gasteiger partial charge in [0.1, 0.15) is 11.7 Å². The number of nitrogens with zero attached hydrogens (tertiary/aromatic N) is 3. The molecular formula is C29H37N3O4. The van der Waals surface area contributed by atoms with Crippen molar-refractivity contribution >= 4 is 5.91 Å². The molecule has 36 heavy (non-hydrogen) atoms. The molecule has 7 nitrogen and oxygen atoms in total. The van der Waals surface area contributed by atoms with Crippen LogP contribution < -0.4 is 4.74 Å². The molecule has 0 spiro atoms. The van der Waals surface area contributed by atoms with Crippen molar-refractivity contribution in [2.75, 3.05) is 46.5 Å². The Morgan fingerprint density at radius 3 is 2.61 bits per heavy atom. The first kappa shape index (κ1) is 26.2. The SMILES string of the molecule is C[C@@H]1CN([C@@H](C)CO)C(=O)c2cc(C#Cc3ccccc3)cnc2O[C@@H]1CN(C)CC1CCOCC1. The van der Waals surface area contributed by atoms with Crippen LogP contribution in [-0.4, -0.2) is 84.4 Å². The third-order valence-electron chi connectivity index (χ3n) is 7.05. The number of carbonyl (C=O) groups excluding carboxylic acids is 1. The Morgan fingerprint density at radius 2 is 1.89 bits per heavy atom. The lowest BCUT2D eigenvalue weighted by Gasteiger charge is -2.38. The molecule has 7 heteroatoms. The number of hydrogen-bond acceptors (Lipinski definition) is 6. The lowest BCUT2D eigenvalue weighted by Crippen LogP contribution is -2.50. The van der Waals surface area contributed by atoms with E-state index in [0.29, 0.717) is 29.5 Å². The second-order valence-electron chi connectivity index (χ2n) is 10.1. The van der Waals surface area contributed by atoms with Gasteiger partial charge in [0.15, 0.2) is 0 Å². The van der Waals surface area contributed by atoms with Crippen molar-refractivity contribution in [3.8, 4) is 17.7 Å². The first-order valence-corrected chi connectivity index (χ1v) is 12.9. The lowest BCUT2D eigenvalue weighted by molar-refractivity contribution is 0.0254. The summed E-state index contributed by atoms with van der Waals surface area (Å²) in [6.45, 7) is 7.73. The highest BCUT2D eigenvalue weighted by atomic mass is 16.5. The number of aliphatic hydroxyl groups is 1. The molecule has 3 heterocycles. The van der Waals surface area contributed by atoms with Crippen molar-refractivity contribution in [2.45, 2.75) is 38.8 Å². The third-order valence-corrected chi connectivity index (χ3v) is 7.05. The molecule has 0 aliphatic carbocycles. The minimum Gasteiger partial charge on any atom is -0.472 e. The molecule has 1 amide bonds. The summed E-state index contributed by atoms with van der Waals surface area (Å²) in [5, 5.41) is 9.88. The van der Waals surface area contributed by atoms with Gasteiger partial charge in [0.2, 0.25) is 5.88 Å². The molecule has 0 unspecified atom stereocenters. The molecule has 1 aromatic carbocycles. The molecule has 2 aromatic rings. The van der Waals surface area contributed by atoms with E-state index >= 15 is 0 Å². The lowest BCUT2D eigenvalue weighted by atomic mass is 9.97. The van der Waals surface area contributed by atoms with Crippen molar-refractivity contribution in [1.82, 2.24) is 14.8 Å². The molecule has 192 valence electrons. The Morgan fingerprint density at radius 1 is 1.17 bits per heavy atom. The molecule has 0 bridgehead atoms. The predicted molar refractivity (Wildman–Crippen MR) is 139 cm³/mol. The largest absolute Gasteiger partial charge is 0.472 e. The summed E-state index contributed by atoms with van der Waals surface area (Å²) in [6.07, 6.45) is 3.68. The van der Waals surface area contributed by atoms with Gasteiger partial charge in [0.05, 0.1) is 12.6 Å². The van der Waals surface area contributed by atoms with Crippen LogP contribution in [-0.2, 0) is 4.74 Å². The summed E-state index contributed by atoms with van der Waals surface area (Å²) in [5.41, 5.74) is 1.93. The monoisotopic (exact) mass is 491 g/mol. The van der Waals surface area contributed by atoms with Crippen LogP contribution in [0.2, 0.25) is 0 Å². The Hall–Kier alpha value is -2.92. The number of aliphatic hydroxyl groups excluding tert-OH is 1. The Kier molecular flexibility index (Phi) is 8.98. The quantitative estimate of drug-likeness (QED) is 0.626. The molecule has 4 rings (SSSR count). The molecule has 1 fully saturated rings. The maximum atomic E-state index is 13.6. The molecule has 2 aliphatic rings. The van der Waals surface area contributed by atoms with Crippen LogP contribution in [0.1, 0.15) is 48.2 Å². The van der Waals surface area contributed by atoms with E-state index in [9.17, 15) is 9.90 Å².